The van der Waals surface area contributed by atoms with Crippen molar-refractivity contribution in [1.82, 2.24) is 0 Å². The van der Waals surface area contributed by atoms with Crippen molar-refractivity contribution in [3.8, 4) is 0 Å². The summed E-state index contributed by atoms with van der Waals surface area (Å²) >= 11 is 1.24. The maximum Gasteiger partial charge on any atom is 0.234 e. The zero-order valence-corrected chi connectivity index (χ0v) is 17.1. The lowest BCUT2D eigenvalue weighted by molar-refractivity contribution is -0.116. The second-order valence-corrected chi connectivity index (χ2v) is 7.38. The fourth-order valence-corrected chi connectivity index (χ4v) is 3.04. The number of rotatable bonds is 8. The Bertz CT molecular complexity index is 868. The summed E-state index contributed by atoms with van der Waals surface area (Å²) in [5.74, 6) is -0.0882. The van der Waals surface area contributed by atoms with E-state index in [1.54, 1.807) is 19.1 Å². The summed E-state index contributed by atoms with van der Waals surface area (Å²) in [6.07, 6.45) is 0.386. The van der Waals surface area contributed by atoms with Gasteiger partial charge in [0.15, 0.2) is 0 Å². The topological polar surface area (TPSA) is 87.3 Å². The van der Waals surface area contributed by atoms with E-state index >= 15 is 0 Å². The van der Waals surface area contributed by atoms with Gasteiger partial charge in [0, 0.05) is 23.5 Å². The van der Waals surface area contributed by atoms with E-state index in [9.17, 15) is 14.4 Å². The minimum absolute atomic E-state index is 0.0868. The third-order valence-corrected chi connectivity index (χ3v) is 4.82. The molecule has 0 unspecified atom stereocenters. The molecule has 6 nitrogen and oxygen atoms in total. The molecule has 0 aliphatic carbocycles. The van der Waals surface area contributed by atoms with E-state index in [0.717, 1.165) is 16.8 Å². The number of amides is 3. The predicted octanol–water partition coefficient (Wildman–Crippen LogP) is 3.96. The Morgan fingerprint density at radius 2 is 1.46 bits per heavy atom. The van der Waals surface area contributed by atoms with Crippen LogP contribution in [0.1, 0.15) is 24.5 Å². The zero-order chi connectivity index (χ0) is 20.5. The third-order valence-electron chi connectivity index (χ3n) is 3.88. The molecule has 2 aromatic rings. The van der Waals surface area contributed by atoms with Gasteiger partial charge < -0.3 is 16.0 Å². The Labute approximate surface area is 169 Å². The molecule has 0 fully saturated rings. The number of anilines is 3. The molecule has 3 N–H and O–H groups in total. The molecule has 7 heteroatoms. The summed E-state index contributed by atoms with van der Waals surface area (Å²) in [5, 5.41) is 8.41. The minimum Gasteiger partial charge on any atom is -0.326 e. The van der Waals surface area contributed by atoms with Crippen LogP contribution in [0.4, 0.5) is 17.1 Å². The Morgan fingerprint density at radius 1 is 0.821 bits per heavy atom. The zero-order valence-electron chi connectivity index (χ0n) is 16.3. The van der Waals surface area contributed by atoms with Crippen LogP contribution < -0.4 is 16.0 Å². The average Bonchev–Trinajstić information content (AvgIpc) is 2.64. The Kier molecular flexibility index (Phi) is 8.07. The van der Waals surface area contributed by atoms with E-state index < -0.39 is 0 Å². The van der Waals surface area contributed by atoms with Crippen molar-refractivity contribution in [3.63, 3.8) is 0 Å². The van der Waals surface area contributed by atoms with E-state index in [-0.39, 0.29) is 29.2 Å². The second kappa shape index (κ2) is 10.5. The molecule has 0 spiro atoms. The fourth-order valence-electron chi connectivity index (χ4n) is 2.43. The second-order valence-electron chi connectivity index (χ2n) is 6.39. The summed E-state index contributed by atoms with van der Waals surface area (Å²) < 4.78 is 0. The van der Waals surface area contributed by atoms with Gasteiger partial charge in [0.05, 0.1) is 11.5 Å². The van der Waals surface area contributed by atoms with Gasteiger partial charge in [-0.3, -0.25) is 14.4 Å². The van der Waals surface area contributed by atoms with Gasteiger partial charge in [-0.05, 0) is 49.2 Å². The normalized spacial score (nSPS) is 10.2. The molecule has 2 rings (SSSR count). The van der Waals surface area contributed by atoms with Crippen molar-refractivity contribution in [2.75, 3.05) is 27.5 Å². The maximum atomic E-state index is 12.2. The molecular weight excluding hydrogens is 374 g/mol. The summed E-state index contributed by atoms with van der Waals surface area (Å²) in [4.78, 5) is 35.7. The number of hydrogen-bond donors (Lipinski definition) is 3. The van der Waals surface area contributed by atoms with Crippen LogP contribution in [-0.4, -0.2) is 29.2 Å². The Balaban J connectivity index is 1.81. The van der Waals surface area contributed by atoms with Crippen LogP contribution in [0, 0.1) is 13.8 Å². The van der Waals surface area contributed by atoms with Crippen molar-refractivity contribution < 1.29 is 14.4 Å². The highest BCUT2D eigenvalue weighted by molar-refractivity contribution is 8.00. The molecule has 28 heavy (non-hydrogen) atoms. The molecule has 0 atom stereocenters. The molecule has 0 saturated heterocycles. The molecule has 3 amide bonds. The highest BCUT2D eigenvalue weighted by atomic mass is 32.2. The van der Waals surface area contributed by atoms with Crippen LogP contribution in [0.3, 0.4) is 0 Å². The van der Waals surface area contributed by atoms with Gasteiger partial charge in [-0.25, -0.2) is 0 Å². The summed E-state index contributed by atoms with van der Waals surface area (Å²) in [5.41, 5.74) is 3.99. The largest absolute Gasteiger partial charge is 0.326 e. The SMILES string of the molecule is CCC(=O)Nc1ccc(C)c(NC(=O)CSCC(=O)Nc2cccc(C)c2)c1. The van der Waals surface area contributed by atoms with Crippen molar-refractivity contribution in [2.24, 2.45) is 0 Å². The molecule has 0 aromatic heterocycles. The van der Waals surface area contributed by atoms with Crippen molar-refractivity contribution in [2.45, 2.75) is 27.2 Å². The first-order valence-corrected chi connectivity index (χ1v) is 10.2. The highest BCUT2D eigenvalue weighted by Crippen LogP contribution is 2.21. The lowest BCUT2D eigenvalue weighted by Gasteiger charge is -2.11. The quantitative estimate of drug-likeness (QED) is 0.627. The fraction of sp³-hybridized carbons (Fsp3) is 0.286. The Hall–Kier alpha value is -2.80. The monoisotopic (exact) mass is 399 g/mol. The third kappa shape index (κ3) is 7.08. The number of benzene rings is 2. The molecule has 0 heterocycles. The molecule has 0 aliphatic rings. The van der Waals surface area contributed by atoms with Crippen LogP contribution in [0.2, 0.25) is 0 Å². The lowest BCUT2D eigenvalue weighted by Crippen LogP contribution is -2.19. The smallest absolute Gasteiger partial charge is 0.234 e. The maximum absolute atomic E-state index is 12.2. The van der Waals surface area contributed by atoms with E-state index in [2.05, 4.69) is 16.0 Å². The highest BCUT2D eigenvalue weighted by Gasteiger charge is 2.09. The van der Waals surface area contributed by atoms with Gasteiger partial charge in [0.25, 0.3) is 0 Å². The van der Waals surface area contributed by atoms with E-state index in [0.29, 0.717) is 17.8 Å². The number of nitrogens with one attached hydrogen (secondary N) is 3. The summed E-state index contributed by atoms with van der Waals surface area (Å²) in [7, 11) is 0. The van der Waals surface area contributed by atoms with Gasteiger partial charge in [0.1, 0.15) is 0 Å². The summed E-state index contributed by atoms with van der Waals surface area (Å²) in [6, 6.07) is 12.9. The van der Waals surface area contributed by atoms with Gasteiger partial charge >= 0.3 is 0 Å². The van der Waals surface area contributed by atoms with Crippen LogP contribution in [0.5, 0.6) is 0 Å². The number of carbonyl (C=O) groups excluding carboxylic acids is 3. The van der Waals surface area contributed by atoms with Crippen molar-refractivity contribution in [1.29, 1.82) is 0 Å². The predicted molar refractivity (Wildman–Crippen MR) is 116 cm³/mol. The number of hydrogen-bond acceptors (Lipinski definition) is 4. The van der Waals surface area contributed by atoms with Crippen molar-refractivity contribution >= 4 is 46.5 Å². The minimum atomic E-state index is -0.199. The lowest BCUT2D eigenvalue weighted by atomic mass is 10.1. The van der Waals surface area contributed by atoms with Crippen LogP contribution in [-0.2, 0) is 14.4 Å². The molecule has 0 bridgehead atoms. The number of aryl methyl sites for hydroxylation is 2. The molecule has 0 radical (unpaired) electrons. The summed E-state index contributed by atoms with van der Waals surface area (Å²) in [6.45, 7) is 5.61. The van der Waals surface area contributed by atoms with Crippen LogP contribution in [0.25, 0.3) is 0 Å². The van der Waals surface area contributed by atoms with Crippen LogP contribution >= 0.6 is 11.8 Å². The van der Waals surface area contributed by atoms with Crippen molar-refractivity contribution in [3.05, 3.63) is 53.6 Å². The van der Waals surface area contributed by atoms with E-state index in [1.165, 1.54) is 11.8 Å². The van der Waals surface area contributed by atoms with Crippen LogP contribution in [0.15, 0.2) is 42.5 Å². The van der Waals surface area contributed by atoms with Gasteiger partial charge in [0.2, 0.25) is 17.7 Å². The number of thioether (sulfide) groups is 1. The molecular formula is C21H25N3O3S. The molecule has 0 saturated carbocycles. The van der Waals surface area contributed by atoms with E-state index in [1.807, 2.05) is 44.2 Å². The average molecular weight is 400 g/mol. The van der Waals surface area contributed by atoms with Gasteiger partial charge in [-0.2, -0.15) is 0 Å². The van der Waals surface area contributed by atoms with E-state index in [4.69, 9.17) is 0 Å². The number of carbonyl (C=O) groups is 3. The molecule has 2 aromatic carbocycles. The molecule has 0 aliphatic heterocycles. The Morgan fingerprint density at radius 3 is 2.14 bits per heavy atom. The molecule has 148 valence electrons. The van der Waals surface area contributed by atoms with Gasteiger partial charge in [-0.15, -0.1) is 11.8 Å². The first-order valence-electron chi connectivity index (χ1n) is 9.02. The first-order chi connectivity index (χ1) is 13.4. The standard InChI is InChI=1S/C21H25N3O3S/c1-4-19(25)22-17-9-8-15(3)18(11-17)24-21(27)13-28-12-20(26)23-16-7-5-6-14(2)10-16/h5-11H,4,12-13H2,1-3H3,(H,22,25)(H,23,26)(H,24,27). The van der Waals surface area contributed by atoms with Gasteiger partial charge in [-0.1, -0.05) is 25.1 Å². The first kappa shape index (κ1) is 21.5.